The van der Waals surface area contributed by atoms with Crippen LogP contribution in [-0.4, -0.2) is 9.78 Å². The molecule has 3 nitrogen and oxygen atoms in total. The van der Waals surface area contributed by atoms with E-state index in [4.69, 9.17) is 28.9 Å². The summed E-state index contributed by atoms with van der Waals surface area (Å²) in [5.41, 5.74) is 7.24. The number of aromatic nitrogens is 2. The average molecular weight is 340 g/mol. The fourth-order valence-corrected chi connectivity index (χ4v) is 2.52. The third-order valence-electron chi connectivity index (χ3n) is 3.03. The van der Waals surface area contributed by atoms with Crippen LogP contribution in [0.5, 0.6) is 0 Å². The molecule has 0 spiro atoms. The van der Waals surface area contributed by atoms with Crippen LogP contribution in [0.15, 0.2) is 42.5 Å². The van der Waals surface area contributed by atoms with Gasteiger partial charge in [0.15, 0.2) is 0 Å². The Morgan fingerprint density at radius 2 is 1.77 bits per heavy atom. The second kappa shape index (κ2) is 5.59. The topological polar surface area (TPSA) is 43.8 Å². The Morgan fingerprint density at radius 3 is 2.45 bits per heavy atom. The summed E-state index contributed by atoms with van der Waals surface area (Å²) in [7, 11) is 0. The van der Waals surface area contributed by atoms with Gasteiger partial charge in [-0.1, -0.05) is 23.2 Å². The van der Waals surface area contributed by atoms with Gasteiger partial charge in [-0.25, -0.2) is 13.5 Å². The molecule has 0 unspecified atom stereocenters. The highest BCUT2D eigenvalue weighted by Gasteiger charge is 2.13. The number of hydrogen-bond acceptors (Lipinski definition) is 2. The van der Waals surface area contributed by atoms with Crippen molar-refractivity contribution >= 4 is 29.0 Å². The van der Waals surface area contributed by atoms with Gasteiger partial charge >= 0.3 is 0 Å². The molecule has 0 radical (unpaired) electrons. The Hall–Kier alpha value is -2.11. The number of halogens is 4. The Labute approximate surface area is 134 Å². The normalized spacial score (nSPS) is 10.9. The second-order valence-corrected chi connectivity index (χ2v) is 5.47. The molecule has 0 fully saturated rings. The summed E-state index contributed by atoms with van der Waals surface area (Å²) in [6, 6.07) is 9.79. The van der Waals surface area contributed by atoms with Crippen LogP contribution in [0.1, 0.15) is 0 Å². The highest BCUT2D eigenvalue weighted by molar-refractivity contribution is 6.31. The molecule has 3 rings (SSSR count). The van der Waals surface area contributed by atoms with Gasteiger partial charge in [0.25, 0.3) is 0 Å². The summed E-state index contributed by atoms with van der Waals surface area (Å²) in [6.45, 7) is 0. The smallest absolute Gasteiger partial charge is 0.146 e. The van der Waals surface area contributed by atoms with E-state index in [0.717, 1.165) is 0 Å². The molecule has 22 heavy (non-hydrogen) atoms. The van der Waals surface area contributed by atoms with Gasteiger partial charge in [-0.3, -0.25) is 0 Å². The quantitative estimate of drug-likeness (QED) is 0.734. The zero-order chi connectivity index (χ0) is 15.9. The molecular formula is C15H9Cl2F2N3. The van der Waals surface area contributed by atoms with Gasteiger partial charge in [-0.05, 0) is 36.4 Å². The Bertz CT molecular complexity index is 842. The fourth-order valence-electron chi connectivity index (χ4n) is 2.12. The van der Waals surface area contributed by atoms with Crippen LogP contribution in [0.4, 0.5) is 14.6 Å². The van der Waals surface area contributed by atoms with Crippen LogP contribution >= 0.6 is 23.2 Å². The first-order valence-corrected chi connectivity index (χ1v) is 6.97. The van der Waals surface area contributed by atoms with E-state index in [1.54, 1.807) is 12.1 Å². The van der Waals surface area contributed by atoms with E-state index in [-0.39, 0.29) is 15.9 Å². The zero-order valence-electron chi connectivity index (χ0n) is 11.0. The standard InChI is InChI=1S/C15H9Cl2F2N3/c16-9-3-8(4-10(18)5-9)14-7-15(20)21-22(14)11-1-2-13(19)12(17)6-11/h1-7H,(H2,20,21). The van der Waals surface area contributed by atoms with Gasteiger partial charge < -0.3 is 5.73 Å². The number of rotatable bonds is 2. The maximum Gasteiger partial charge on any atom is 0.146 e. The van der Waals surface area contributed by atoms with Crippen LogP contribution in [0.2, 0.25) is 10.0 Å². The highest BCUT2D eigenvalue weighted by Crippen LogP contribution is 2.29. The van der Waals surface area contributed by atoms with Crippen LogP contribution in [0, 0.1) is 11.6 Å². The Balaban J connectivity index is 2.19. The average Bonchev–Trinajstić information content (AvgIpc) is 2.83. The monoisotopic (exact) mass is 339 g/mol. The van der Waals surface area contributed by atoms with Gasteiger partial charge in [-0.15, -0.1) is 0 Å². The van der Waals surface area contributed by atoms with Crippen molar-refractivity contribution in [1.29, 1.82) is 0 Å². The summed E-state index contributed by atoms with van der Waals surface area (Å²) in [5.74, 6) is -0.789. The molecule has 0 saturated carbocycles. The molecule has 3 aromatic rings. The maximum atomic E-state index is 13.6. The van der Waals surface area contributed by atoms with Crippen LogP contribution < -0.4 is 5.73 Å². The number of hydrogen-bond donors (Lipinski definition) is 1. The fraction of sp³-hybridized carbons (Fsp3) is 0. The number of nitrogens with two attached hydrogens (primary N) is 1. The van der Waals surface area contributed by atoms with Gasteiger partial charge in [-0.2, -0.15) is 5.10 Å². The summed E-state index contributed by atoms with van der Waals surface area (Å²) in [6.07, 6.45) is 0. The minimum atomic E-state index is -0.541. The van der Waals surface area contributed by atoms with Crippen molar-refractivity contribution in [1.82, 2.24) is 9.78 Å². The first kappa shape index (κ1) is 14.8. The third-order valence-corrected chi connectivity index (χ3v) is 3.54. The molecular weight excluding hydrogens is 331 g/mol. The molecule has 1 heterocycles. The SMILES string of the molecule is Nc1cc(-c2cc(F)cc(Cl)c2)n(-c2ccc(F)c(Cl)c2)n1. The number of anilines is 1. The number of nitrogen functional groups attached to an aromatic ring is 1. The molecule has 2 aromatic carbocycles. The predicted molar refractivity (Wildman–Crippen MR) is 83.3 cm³/mol. The van der Waals surface area contributed by atoms with Gasteiger partial charge in [0, 0.05) is 16.7 Å². The van der Waals surface area contributed by atoms with Crippen molar-refractivity contribution in [3.8, 4) is 16.9 Å². The molecule has 0 saturated heterocycles. The molecule has 0 aliphatic heterocycles. The largest absolute Gasteiger partial charge is 0.382 e. The molecule has 0 aliphatic carbocycles. The first-order valence-electron chi connectivity index (χ1n) is 6.21. The number of nitrogens with zero attached hydrogens (tertiary/aromatic N) is 2. The van der Waals surface area contributed by atoms with Crippen molar-refractivity contribution in [2.75, 3.05) is 5.73 Å². The van der Waals surface area contributed by atoms with Gasteiger partial charge in [0.2, 0.25) is 0 Å². The molecule has 1 aromatic heterocycles. The van der Waals surface area contributed by atoms with Crippen molar-refractivity contribution in [2.24, 2.45) is 0 Å². The summed E-state index contributed by atoms with van der Waals surface area (Å²) >= 11 is 11.7. The molecule has 0 amide bonds. The molecule has 7 heteroatoms. The van der Waals surface area contributed by atoms with Gasteiger partial charge in [0.1, 0.15) is 17.5 Å². The van der Waals surface area contributed by atoms with E-state index in [0.29, 0.717) is 16.9 Å². The lowest BCUT2D eigenvalue weighted by atomic mass is 10.1. The Kier molecular flexibility index (Phi) is 3.76. The molecule has 112 valence electrons. The minimum Gasteiger partial charge on any atom is -0.382 e. The van der Waals surface area contributed by atoms with Crippen LogP contribution in [0.3, 0.4) is 0 Å². The van der Waals surface area contributed by atoms with Crippen molar-refractivity contribution in [3.63, 3.8) is 0 Å². The molecule has 0 aliphatic rings. The Morgan fingerprint density at radius 1 is 1.00 bits per heavy atom. The molecule has 0 atom stereocenters. The zero-order valence-corrected chi connectivity index (χ0v) is 12.5. The van der Waals surface area contributed by atoms with E-state index in [9.17, 15) is 8.78 Å². The van der Waals surface area contributed by atoms with E-state index < -0.39 is 11.6 Å². The maximum absolute atomic E-state index is 13.6. The third kappa shape index (κ3) is 2.77. The number of benzene rings is 2. The van der Waals surface area contributed by atoms with E-state index in [1.165, 1.54) is 35.0 Å². The lowest BCUT2D eigenvalue weighted by Crippen LogP contribution is -2.00. The molecule has 0 bridgehead atoms. The second-order valence-electron chi connectivity index (χ2n) is 4.62. The summed E-state index contributed by atoms with van der Waals surface area (Å²) < 4.78 is 28.3. The van der Waals surface area contributed by atoms with Crippen LogP contribution in [0.25, 0.3) is 16.9 Å². The predicted octanol–water partition coefficient (Wildman–Crippen LogP) is 4.71. The summed E-state index contributed by atoms with van der Waals surface area (Å²) in [5, 5.41) is 4.34. The van der Waals surface area contributed by atoms with Crippen molar-refractivity contribution < 1.29 is 8.78 Å². The first-order chi connectivity index (χ1) is 10.4. The molecule has 2 N–H and O–H groups in total. The lowest BCUT2D eigenvalue weighted by Gasteiger charge is -2.09. The minimum absolute atomic E-state index is 0.0465. The van der Waals surface area contributed by atoms with Crippen LogP contribution in [-0.2, 0) is 0 Å². The van der Waals surface area contributed by atoms with Crippen molar-refractivity contribution in [3.05, 3.63) is 64.1 Å². The van der Waals surface area contributed by atoms with E-state index in [1.807, 2.05) is 0 Å². The highest BCUT2D eigenvalue weighted by atomic mass is 35.5. The summed E-state index contributed by atoms with van der Waals surface area (Å²) in [4.78, 5) is 0. The van der Waals surface area contributed by atoms with E-state index in [2.05, 4.69) is 5.10 Å². The van der Waals surface area contributed by atoms with Crippen molar-refractivity contribution in [2.45, 2.75) is 0 Å². The van der Waals surface area contributed by atoms with Gasteiger partial charge in [0.05, 0.1) is 16.4 Å². The lowest BCUT2D eigenvalue weighted by molar-refractivity contribution is 0.627. The van der Waals surface area contributed by atoms with E-state index >= 15 is 0 Å².